The second-order valence-corrected chi connectivity index (χ2v) is 27.6. The van der Waals surface area contributed by atoms with Gasteiger partial charge in [0.15, 0.2) is 11.6 Å². The number of hydrogen-bond acceptors (Lipinski definition) is 10. The average Bonchev–Trinajstić information content (AvgIpc) is 3.67. The topological polar surface area (TPSA) is 172 Å². The molecular weight excluding hydrogens is 881 g/mol. The Bertz CT molecular complexity index is 2350. The molecule has 0 saturated heterocycles. The van der Waals surface area contributed by atoms with Crippen LogP contribution < -0.4 is 0 Å². The number of allylic oxidation sites excluding steroid dienone is 5. The number of ketones is 5. The number of carbonyl (C=O) groups excluding carboxylic acids is 6. The summed E-state index contributed by atoms with van der Waals surface area (Å²) in [6.07, 6.45) is 11.1. The van der Waals surface area contributed by atoms with Crippen LogP contribution in [0.5, 0.6) is 0 Å². The molecule has 0 aromatic rings. The van der Waals surface area contributed by atoms with Gasteiger partial charge in [0.25, 0.3) is 0 Å². The summed E-state index contributed by atoms with van der Waals surface area (Å²) in [5.74, 6) is -1.26. The van der Waals surface area contributed by atoms with Crippen LogP contribution >= 0.6 is 0 Å². The van der Waals surface area contributed by atoms with E-state index >= 15 is 0 Å². The highest BCUT2D eigenvalue weighted by molar-refractivity contribution is 6.12. The zero-order chi connectivity index (χ0) is 51.9. The summed E-state index contributed by atoms with van der Waals surface area (Å²) in [6.45, 7) is 28.2. The lowest BCUT2D eigenvalue weighted by Crippen LogP contribution is -2.59. The number of aliphatic hydroxyl groups excluding tert-OH is 2. The van der Waals surface area contributed by atoms with E-state index in [4.69, 9.17) is 4.74 Å². The molecule has 16 atom stereocenters. The fourth-order valence-electron chi connectivity index (χ4n) is 18.2. The van der Waals surface area contributed by atoms with Crippen LogP contribution in [0.3, 0.4) is 0 Å². The molecule has 4 saturated carbocycles. The summed E-state index contributed by atoms with van der Waals surface area (Å²) in [4.78, 5) is 82.9. The Balaban J connectivity index is 0.912. The normalized spacial score (nSPS) is 42.1. The van der Waals surface area contributed by atoms with E-state index in [1.807, 2.05) is 41.5 Å². The standard InChI is InChI=1S/C60H88O10/c1-33(37-19-25-57(11)39-16-17-43-52(4,5)45(65)21-23-54(43,8)38(39)20-26-56(37,57)10)15-18-48(59(13,69)32-61)70-51(68)35(3)28-36(62)27-34(2)40-29-47(67)60(14)50-41(63)30-44-53(6,7)46(66)22-24-55(44,9)49(50)42(64)31-58(40,60)12/h16,20,33-35,37,40,43-44,47-48,61,67,69H,15,17-19,21-32H2,1-14H3/t33-,34-,35+,37-,40-,43+,44+,47-,48+,54-,55+,56-,57+,58-,59-,60+/m1/s1. The predicted octanol–water partition coefficient (Wildman–Crippen LogP) is 10.4. The maximum absolute atomic E-state index is 14.5. The fraction of sp³-hybridized carbons (Fsp3) is 0.800. The predicted molar refractivity (Wildman–Crippen MR) is 269 cm³/mol. The minimum Gasteiger partial charge on any atom is -0.459 e. The highest BCUT2D eigenvalue weighted by Gasteiger charge is 2.71. The van der Waals surface area contributed by atoms with E-state index in [9.17, 15) is 44.1 Å². The van der Waals surface area contributed by atoms with Crippen LogP contribution in [0.1, 0.15) is 193 Å². The zero-order valence-corrected chi connectivity index (χ0v) is 45.4. The number of carbonyl (C=O) groups is 6. The summed E-state index contributed by atoms with van der Waals surface area (Å²) in [6, 6.07) is 0. The van der Waals surface area contributed by atoms with Gasteiger partial charge in [-0.3, -0.25) is 28.8 Å². The average molecular weight is 969 g/mol. The van der Waals surface area contributed by atoms with Gasteiger partial charge in [0.1, 0.15) is 29.1 Å². The van der Waals surface area contributed by atoms with Crippen molar-refractivity contribution in [3.63, 3.8) is 0 Å². The van der Waals surface area contributed by atoms with Crippen LogP contribution in [0.2, 0.25) is 0 Å². The van der Waals surface area contributed by atoms with Crippen molar-refractivity contribution in [2.75, 3.05) is 6.61 Å². The van der Waals surface area contributed by atoms with Crippen LogP contribution in [0, 0.1) is 84.7 Å². The molecule has 70 heavy (non-hydrogen) atoms. The minimum absolute atomic E-state index is 0.00756. The molecule has 388 valence electrons. The molecule has 0 bridgehead atoms. The number of fused-ring (bicyclic) bond motifs is 9. The molecular formula is C60H88O10. The first kappa shape index (κ1) is 53.2. The Morgan fingerprint density at radius 2 is 1.36 bits per heavy atom. The van der Waals surface area contributed by atoms with Gasteiger partial charge in [0, 0.05) is 71.3 Å². The van der Waals surface area contributed by atoms with Crippen molar-refractivity contribution in [1.82, 2.24) is 0 Å². The molecule has 8 aliphatic carbocycles. The van der Waals surface area contributed by atoms with E-state index in [0.717, 1.165) is 32.1 Å². The summed E-state index contributed by atoms with van der Waals surface area (Å²) in [7, 11) is 0. The number of ether oxygens (including phenoxy) is 1. The summed E-state index contributed by atoms with van der Waals surface area (Å²) in [5.41, 5.74) is -1.42. The van der Waals surface area contributed by atoms with Crippen molar-refractivity contribution in [3.8, 4) is 0 Å². The van der Waals surface area contributed by atoms with Crippen LogP contribution in [-0.4, -0.2) is 74.6 Å². The van der Waals surface area contributed by atoms with Crippen molar-refractivity contribution >= 4 is 34.9 Å². The van der Waals surface area contributed by atoms with Gasteiger partial charge >= 0.3 is 5.97 Å². The highest BCUT2D eigenvalue weighted by Crippen LogP contribution is 2.73. The van der Waals surface area contributed by atoms with Crippen molar-refractivity contribution in [1.29, 1.82) is 0 Å². The lowest BCUT2D eigenvalue weighted by atomic mass is 9.42. The number of esters is 1. The second-order valence-electron chi connectivity index (χ2n) is 27.6. The monoisotopic (exact) mass is 969 g/mol. The molecule has 8 rings (SSSR count). The van der Waals surface area contributed by atoms with E-state index < -0.39 is 58.0 Å². The summed E-state index contributed by atoms with van der Waals surface area (Å²) >= 11 is 0. The molecule has 0 unspecified atom stereocenters. The molecule has 0 aliphatic heterocycles. The summed E-state index contributed by atoms with van der Waals surface area (Å²) < 4.78 is 6.08. The third-order valence-corrected chi connectivity index (χ3v) is 23.3. The zero-order valence-electron chi connectivity index (χ0n) is 45.4. The molecule has 0 aromatic heterocycles. The van der Waals surface area contributed by atoms with Gasteiger partial charge in [-0.1, -0.05) is 102 Å². The Kier molecular flexibility index (Phi) is 13.1. The van der Waals surface area contributed by atoms with Gasteiger partial charge in [-0.25, -0.2) is 0 Å². The molecule has 0 radical (unpaired) electrons. The number of Topliss-reactive ketones (excluding diaryl/α,β-unsaturated/α-hetero) is 5. The third-order valence-electron chi connectivity index (χ3n) is 23.3. The van der Waals surface area contributed by atoms with Gasteiger partial charge in [-0.15, -0.1) is 0 Å². The molecule has 8 aliphatic rings. The Morgan fingerprint density at radius 3 is 1.99 bits per heavy atom. The molecule has 10 heteroatoms. The molecule has 0 amide bonds. The first-order valence-corrected chi connectivity index (χ1v) is 27.3. The maximum atomic E-state index is 14.5. The smallest absolute Gasteiger partial charge is 0.309 e. The van der Waals surface area contributed by atoms with E-state index in [1.165, 1.54) is 18.1 Å². The van der Waals surface area contributed by atoms with Crippen molar-refractivity contribution in [3.05, 3.63) is 34.4 Å². The Morgan fingerprint density at radius 1 is 0.743 bits per heavy atom. The van der Waals surface area contributed by atoms with Gasteiger partial charge in [0.05, 0.1) is 18.6 Å². The quantitative estimate of drug-likeness (QED) is 0.151. The van der Waals surface area contributed by atoms with Crippen LogP contribution in [0.4, 0.5) is 0 Å². The maximum Gasteiger partial charge on any atom is 0.309 e. The van der Waals surface area contributed by atoms with Crippen LogP contribution in [-0.2, 0) is 33.5 Å². The van der Waals surface area contributed by atoms with E-state index in [-0.39, 0.29) is 100 Å². The van der Waals surface area contributed by atoms with Gasteiger partial charge in [0.2, 0.25) is 0 Å². The largest absolute Gasteiger partial charge is 0.459 e. The molecule has 0 aromatic carbocycles. The SMILES string of the molecule is C[C@H](CC[C@H](OC(=O)[C@@H](C)CC(=O)C[C@@H](C)[C@H]1C[C@@H](O)[C@@]2(C)C3=C(C(=O)C[C@]12C)[C@@]1(C)CCC(=O)C(C)(C)[C@@H]1CC3=O)[C@](C)(O)CO)[C@H]1CC[C@@]2(C)C3=CC[C@H]4C(C)(C)C(=O)CC[C@]4(C)C3=CC[C@]12C. The lowest BCUT2D eigenvalue weighted by molar-refractivity contribution is -0.174. The third kappa shape index (κ3) is 7.43. The lowest BCUT2D eigenvalue weighted by Gasteiger charge is -2.59. The Labute approximate surface area is 419 Å². The fourth-order valence-corrected chi connectivity index (χ4v) is 18.2. The first-order valence-electron chi connectivity index (χ1n) is 27.3. The van der Waals surface area contributed by atoms with Crippen LogP contribution in [0.15, 0.2) is 34.4 Å². The second kappa shape index (κ2) is 17.2. The molecule has 3 N–H and O–H groups in total. The van der Waals surface area contributed by atoms with Crippen LogP contribution in [0.25, 0.3) is 0 Å². The van der Waals surface area contributed by atoms with Crippen molar-refractivity contribution < 1.29 is 48.8 Å². The number of rotatable bonds is 13. The van der Waals surface area contributed by atoms with E-state index in [0.29, 0.717) is 61.4 Å². The van der Waals surface area contributed by atoms with E-state index in [2.05, 4.69) is 53.7 Å². The molecule has 10 nitrogen and oxygen atoms in total. The highest BCUT2D eigenvalue weighted by atomic mass is 16.6. The Hall–Kier alpha value is -3.08. The molecule has 0 spiro atoms. The van der Waals surface area contributed by atoms with Gasteiger partial charge in [-0.05, 0) is 133 Å². The van der Waals surface area contributed by atoms with Crippen molar-refractivity contribution in [2.24, 2.45) is 84.7 Å². The minimum atomic E-state index is -1.70. The first-order chi connectivity index (χ1) is 32.2. The van der Waals surface area contributed by atoms with Gasteiger partial charge < -0.3 is 20.1 Å². The number of aliphatic hydroxyl groups is 3. The van der Waals surface area contributed by atoms with E-state index in [1.54, 1.807) is 6.92 Å². The van der Waals surface area contributed by atoms with Crippen molar-refractivity contribution in [2.45, 2.75) is 211 Å². The molecule has 4 fully saturated rings. The number of hydrogen-bond donors (Lipinski definition) is 3. The summed E-state index contributed by atoms with van der Waals surface area (Å²) in [5, 5.41) is 33.8. The van der Waals surface area contributed by atoms with Gasteiger partial charge in [-0.2, -0.15) is 0 Å². The molecule has 0 heterocycles.